The molecule has 96 valence electrons. The van der Waals surface area contributed by atoms with Crippen molar-refractivity contribution in [2.75, 3.05) is 12.3 Å². The topological polar surface area (TPSA) is 46.2 Å². The van der Waals surface area contributed by atoms with Gasteiger partial charge in [0.15, 0.2) is 9.84 Å². The van der Waals surface area contributed by atoms with Crippen molar-refractivity contribution >= 4 is 21.4 Å². The lowest BCUT2D eigenvalue weighted by atomic mass is 10.4. The number of benzene rings is 1. The van der Waals surface area contributed by atoms with Crippen molar-refractivity contribution in [2.24, 2.45) is 0 Å². The first-order valence-electron chi connectivity index (χ1n) is 5.63. The predicted molar refractivity (Wildman–Crippen MR) is 71.3 cm³/mol. The van der Waals surface area contributed by atoms with Gasteiger partial charge in [0.1, 0.15) is 0 Å². The quantitative estimate of drug-likeness (QED) is 0.812. The minimum absolute atomic E-state index is 0.146. The van der Waals surface area contributed by atoms with Crippen molar-refractivity contribution in [3.63, 3.8) is 0 Å². The maximum Gasteiger partial charge on any atom is 0.178 e. The van der Waals surface area contributed by atoms with E-state index in [2.05, 4.69) is 5.32 Å². The van der Waals surface area contributed by atoms with Gasteiger partial charge in [0.2, 0.25) is 0 Å². The molecule has 0 bridgehead atoms. The van der Waals surface area contributed by atoms with E-state index in [0.29, 0.717) is 28.9 Å². The molecule has 0 amide bonds. The lowest BCUT2D eigenvalue weighted by Crippen LogP contribution is -2.25. The maximum absolute atomic E-state index is 11.9. The molecule has 0 heterocycles. The summed E-state index contributed by atoms with van der Waals surface area (Å²) in [7, 11) is -3.21. The zero-order valence-electron chi connectivity index (χ0n) is 10.1. The molecule has 0 radical (unpaired) electrons. The molecular formula is C12H18ClNO2S. The number of nitrogens with one attached hydrogen (secondary N) is 1. The van der Waals surface area contributed by atoms with Gasteiger partial charge in [-0.3, -0.25) is 0 Å². The van der Waals surface area contributed by atoms with E-state index < -0.39 is 9.84 Å². The van der Waals surface area contributed by atoms with Crippen LogP contribution in [0.25, 0.3) is 0 Å². The number of rotatable bonds is 6. The Morgan fingerprint density at radius 1 is 1.35 bits per heavy atom. The minimum Gasteiger partial charge on any atom is -0.314 e. The van der Waals surface area contributed by atoms with Crippen LogP contribution in [0.2, 0.25) is 5.02 Å². The highest BCUT2D eigenvalue weighted by molar-refractivity contribution is 7.91. The largest absolute Gasteiger partial charge is 0.314 e. The lowest BCUT2D eigenvalue weighted by Gasteiger charge is -2.08. The van der Waals surface area contributed by atoms with Gasteiger partial charge < -0.3 is 5.32 Å². The van der Waals surface area contributed by atoms with Crippen LogP contribution < -0.4 is 5.32 Å². The fourth-order valence-electron chi connectivity index (χ4n) is 1.43. The Hall–Kier alpha value is -0.580. The molecule has 0 aromatic heterocycles. The first kappa shape index (κ1) is 14.5. The molecule has 0 aliphatic heterocycles. The molecule has 17 heavy (non-hydrogen) atoms. The summed E-state index contributed by atoms with van der Waals surface area (Å²) in [5.41, 5.74) is 0. The van der Waals surface area contributed by atoms with E-state index in [4.69, 9.17) is 11.6 Å². The summed E-state index contributed by atoms with van der Waals surface area (Å²) in [6.07, 6.45) is 0.604. The average Bonchev–Trinajstić information content (AvgIpc) is 2.24. The van der Waals surface area contributed by atoms with Gasteiger partial charge in [-0.15, -0.1) is 0 Å². The molecule has 0 unspecified atom stereocenters. The molecule has 0 saturated heterocycles. The Balaban J connectivity index is 2.57. The monoisotopic (exact) mass is 275 g/mol. The van der Waals surface area contributed by atoms with Crippen molar-refractivity contribution in [3.8, 4) is 0 Å². The molecule has 0 fully saturated rings. The van der Waals surface area contributed by atoms with E-state index in [-0.39, 0.29) is 5.75 Å². The number of halogens is 1. The lowest BCUT2D eigenvalue weighted by molar-refractivity contribution is 0.568. The third kappa shape index (κ3) is 5.06. The highest BCUT2D eigenvalue weighted by Gasteiger charge is 2.13. The third-order valence-corrected chi connectivity index (χ3v) is 4.33. The van der Waals surface area contributed by atoms with Crippen molar-refractivity contribution in [2.45, 2.75) is 31.2 Å². The fraction of sp³-hybridized carbons (Fsp3) is 0.500. The standard InChI is InChI=1S/C12H18ClNO2S/c1-10(2)14-7-4-8-17(15,16)12-6-3-5-11(13)9-12/h3,5-6,9-10,14H,4,7-8H2,1-2H3. The van der Waals surface area contributed by atoms with Gasteiger partial charge >= 0.3 is 0 Å². The van der Waals surface area contributed by atoms with Crippen LogP contribution in [0.1, 0.15) is 20.3 Å². The van der Waals surface area contributed by atoms with Gasteiger partial charge in [-0.25, -0.2) is 8.42 Å². The van der Waals surface area contributed by atoms with E-state index in [1.54, 1.807) is 18.2 Å². The molecule has 0 spiro atoms. The molecule has 1 aromatic carbocycles. The third-order valence-electron chi connectivity index (χ3n) is 2.30. The van der Waals surface area contributed by atoms with Gasteiger partial charge in [0.05, 0.1) is 10.6 Å². The van der Waals surface area contributed by atoms with Crippen LogP contribution >= 0.6 is 11.6 Å². The maximum atomic E-state index is 11.9. The molecule has 1 rings (SSSR count). The number of hydrogen-bond donors (Lipinski definition) is 1. The number of hydrogen-bond acceptors (Lipinski definition) is 3. The second-order valence-corrected chi connectivity index (χ2v) is 6.78. The van der Waals surface area contributed by atoms with Crippen LogP contribution in [0.3, 0.4) is 0 Å². The first-order valence-corrected chi connectivity index (χ1v) is 7.66. The van der Waals surface area contributed by atoms with Gasteiger partial charge in [0, 0.05) is 11.1 Å². The molecule has 0 saturated carbocycles. The van der Waals surface area contributed by atoms with Crippen LogP contribution in [-0.4, -0.2) is 26.8 Å². The van der Waals surface area contributed by atoms with E-state index >= 15 is 0 Å². The Morgan fingerprint density at radius 2 is 2.06 bits per heavy atom. The minimum atomic E-state index is -3.21. The smallest absolute Gasteiger partial charge is 0.178 e. The fourth-order valence-corrected chi connectivity index (χ4v) is 3.04. The predicted octanol–water partition coefficient (Wildman–Crippen LogP) is 2.50. The zero-order chi connectivity index (χ0) is 12.9. The Labute approximate surface area is 108 Å². The molecular weight excluding hydrogens is 258 g/mol. The molecule has 1 aromatic rings. The summed E-state index contributed by atoms with van der Waals surface area (Å²) in [4.78, 5) is 0.301. The van der Waals surface area contributed by atoms with E-state index in [1.165, 1.54) is 6.07 Å². The van der Waals surface area contributed by atoms with Gasteiger partial charge in [-0.2, -0.15) is 0 Å². The van der Waals surface area contributed by atoms with Gasteiger partial charge in [-0.1, -0.05) is 31.5 Å². The molecule has 5 heteroatoms. The second-order valence-electron chi connectivity index (χ2n) is 4.24. The van der Waals surface area contributed by atoms with Crippen LogP contribution in [-0.2, 0) is 9.84 Å². The summed E-state index contributed by atoms with van der Waals surface area (Å²) in [5.74, 6) is 0.146. The Bertz CT molecular complexity index is 457. The van der Waals surface area contributed by atoms with Gasteiger partial charge in [0.25, 0.3) is 0 Å². The normalized spacial score (nSPS) is 12.0. The molecule has 0 aliphatic carbocycles. The Kier molecular flexibility index (Phi) is 5.43. The van der Waals surface area contributed by atoms with E-state index in [0.717, 1.165) is 0 Å². The first-order chi connectivity index (χ1) is 7.92. The van der Waals surface area contributed by atoms with Crippen LogP contribution in [0.4, 0.5) is 0 Å². The highest BCUT2D eigenvalue weighted by atomic mass is 35.5. The summed E-state index contributed by atoms with van der Waals surface area (Å²) in [6.45, 7) is 4.77. The van der Waals surface area contributed by atoms with Crippen molar-refractivity contribution < 1.29 is 8.42 Å². The SMILES string of the molecule is CC(C)NCCCS(=O)(=O)c1cccc(Cl)c1. The number of sulfone groups is 1. The van der Waals surface area contributed by atoms with Crippen LogP contribution in [0.15, 0.2) is 29.2 Å². The molecule has 0 atom stereocenters. The molecule has 0 aliphatic rings. The summed E-state index contributed by atoms with van der Waals surface area (Å²) < 4.78 is 23.9. The van der Waals surface area contributed by atoms with Gasteiger partial charge in [-0.05, 0) is 31.2 Å². The summed E-state index contributed by atoms with van der Waals surface area (Å²) in [5, 5.41) is 3.64. The van der Waals surface area contributed by atoms with Crippen molar-refractivity contribution in [3.05, 3.63) is 29.3 Å². The van der Waals surface area contributed by atoms with Crippen molar-refractivity contribution in [1.82, 2.24) is 5.32 Å². The molecule has 1 N–H and O–H groups in total. The second kappa shape index (κ2) is 6.38. The average molecular weight is 276 g/mol. The van der Waals surface area contributed by atoms with Crippen LogP contribution in [0, 0.1) is 0 Å². The zero-order valence-corrected chi connectivity index (χ0v) is 11.7. The highest BCUT2D eigenvalue weighted by Crippen LogP contribution is 2.17. The summed E-state index contributed by atoms with van der Waals surface area (Å²) >= 11 is 5.78. The van der Waals surface area contributed by atoms with E-state index in [1.807, 2.05) is 13.8 Å². The van der Waals surface area contributed by atoms with Crippen LogP contribution in [0.5, 0.6) is 0 Å². The van der Waals surface area contributed by atoms with Crippen molar-refractivity contribution in [1.29, 1.82) is 0 Å². The summed E-state index contributed by atoms with van der Waals surface area (Å²) in [6, 6.07) is 6.77. The Morgan fingerprint density at radius 3 is 2.65 bits per heavy atom. The van der Waals surface area contributed by atoms with E-state index in [9.17, 15) is 8.42 Å². The molecule has 3 nitrogen and oxygen atoms in total.